The Kier molecular flexibility index (Phi) is 60.8. The molecule has 7 heavy (non-hydrogen) atoms. The largest absolute Gasteiger partial charge is 1.00 e. The molecular formula is C2HKN2S2. The Hall–Kier alpha value is 1.19. The molecule has 0 aliphatic carbocycles. The fourth-order valence-electron chi connectivity index (χ4n) is 0. The number of thiol groups is 1. The molecule has 0 saturated heterocycles. The summed E-state index contributed by atoms with van der Waals surface area (Å²) >= 11 is 6.79. The summed E-state index contributed by atoms with van der Waals surface area (Å²) in [4.78, 5) is 0. The summed E-state index contributed by atoms with van der Waals surface area (Å²) < 4.78 is 0. The minimum absolute atomic E-state index is 0. The Morgan fingerprint density at radius 2 is 1.43 bits per heavy atom. The van der Waals surface area contributed by atoms with E-state index in [1.54, 1.807) is 0 Å². The molecule has 0 fully saturated rings. The number of hydrogen-bond donors (Lipinski definition) is 1. The van der Waals surface area contributed by atoms with E-state index in [2.05, 4.69) is 25.3 Å². The van der Waals surface area contributed by atoms with Gasteiger partial charge in [-0.15, -0.1) is 0 Å². The van der Waals surface area contributed by atoms with Crippen LogP contribution in [-0.2, 0) is 12.6 Å². The van der Waals surface area contributed by atoms with Crippen LogP contribution < -0.4 is 51.4 Å². The van der Waals surface area contributed by atoms with Crippen molar-refractivity contribution in [1.82, 2.24) is 0 Å². The van der Waals surface area contributed by atoms with Crippen molar-refractivity contribution in [2.45, 2.75) is 0 Å². The van der Waals surface area contributed by atoms with Crippen molar-refractivity contribution in [3.05, 3.63) is 0 Å². The average Bonchev–Trinajstić information content (AvgIpc) is 1.39. The number of rotatable bonds is 0. The molecule has 0 heterocycles. The minimum Gasteiger partial charge on any atom is -0.696 e. The second-order valence-electron chi connectivity index (χ2n) is 0.191. The van der Waals surface area contributed by atoms with Crippen LogP contribution in [-0.4, -0.2) is 0 Å². The van der Waals surface area contributed by atoms with E-state index in [4.69, 9.17) is 10.5 Å². The van der Waals surface area contributed by atoms with Crippen molar-refractivity contribution in [1.29, 1.82) is 10.5 Å². The topological polar surface area (TPSA) is 47.6 Å². The second-order valence-corrected chi connectivity index (χ2v) is 0.574. The maximum atomic E-state index is 7.18. The maximum absolute atomic E-state index is 7.18. The Bertz CT molecular complexity index is 68.7. The van der Waals surface area contributed by atoms with Gasteiger partial charge in [-0.1, -0.05) is 18.0 Å². The predicted molar refractivity (Wildman–Crippen MR) is 27.6 cm³/mol. The quantitative estimate of drug-likeness (QED) is 0.181. The van der Waals surface area contributed by atoms with E-state index in [-0.39, 0.29) is 51.4 Å². The van der Waals surface area contributed by atoms with Crippen LogP contribution in [0.1, 0.15) is 0 Å². The predicted octanol–water partition coefficient (Wildman–Crippen LogP) is -2.58. The van der Waals surface area contributed by atoms with E-state index in [0.29, 0.717) is 0 Å². The van der Waals surface area contributed by atoms with E-state index in [1.807, 2.05) is 0 Å². The third-order valence-corrected chi connectivity index (χ3v) is 0. The second kappa shape index (κ2) is 27.1. The van der Waals surface area contributed by atoms with E-state index in [9.17, 15) is 0 Å². The van der Waals surface area contributed by atoms with E-state index >= 15 is 0 Å². The Morgan fingerprint density at radius 3 is 1.43 bits per heavy atom. The molecule has 0 aromatic carbocycles. The summed E-state index contributed by atoms with van der Waals surface area (Å²) in [5.74, 6) is 0. The maximum Gasteiger partial charge on any atom is 1.00 e. The summed E-state index contributed by atoms with van der Waals surface area (Å²) in [6.45, 7) is 0. The number of hydrogen-bond acceptors (Lipinski definition) is 4. The van der Waals surface area contributed by atoms with Gasteiger partial charge in [0.25, 0.3) is 0 Å². The molecule has 0 aromatic rings. The smallest absolute Gasteiger partial charge is 0.696 e. The summed E-state index contributed by atoms with van der Waals surface area (Å²) in [5.41, 5.74) is 0. The molecule has 0 amide bonds. The molecule has 0 rings (SSSR count). The van der Waals surface area contributed by atoms with Crippen LogP contribution in [0.4, 0.5) is 0 Å². The first-order chi connectivity index (χ1) is 2.83. The SMILES string of the molecule is N#CS.N#C[S-].[K+]. The van der Waals surface area contributed by atoms with Gasteiger partial charge in [0.1, 0.15) is 5.40 Å². The zero-order valence-corrected chi connectivity index (χ0v) is 8.58. The number of nitrogens with zero attached hydrogens (tertiary/aromatic N) is 2. The molecule has 0 aliphatic heterocycles. The van der Waals surface area contributed by atoms with Gasteiger partial charge in [-0.25, -0.2) is 5.26 Å². The van der Waals surface area contributed by atoms with Gasteiger partial charge in [0, 0.05) is 0 Å². The summed E-state index contributed by atoms with van der Waals surface area (Å²) in [6.07, 6.45) is 0. The van der Waals surface area contributed by atoms with Crippen molar-refractivity contribution in [2.24, 2.45) is 0 Å². The standard InChI is InChI=1S/2CHNS.K/c2*2-1-3;/h2*3H;/q;;+1/p-1. The Labute approximate surface area is 96.1 Å². The Balaban J connectivity index is -0.0000000400. The summed E-state index contributed by atoms with van der Waals surface area (Å²) in [6, 6.07) is 0. The van der Waals surface area contributed by atoms with Crippen molar-refractivity contribution in [2.75, 3.05) is 0 Å². The first-order valence-electron chi connectivity index (χ1n) is 0.875. The molecule has 0 radical (unpaired) electrons. The first kappa shape index (κ1) is 15.7. The third-order valence-electron chi connectivity index (χ3n) is 0. The molecule has 0 unspecified atom stereocenters. The molecule has 2 nitrogen and oxygen atoms in total. The van der Waals surface area contributed by atoms with E-state index in [1.165, 1.54) is 10.8 Å². The minimum atomic E-state index is 0. The fraction of sp³-hybridized carbons (Fsp3) is 0. The number of thiocyanates is 2. The van der Waals surface area contributed by atoms with E-state index in [0.717, 1.165) is 0 Å². The van der Waals surface area contributed by atoms with Crippen LogP contribution in [0.2, 0.25) is 0 Å². The molecule has 0 atom stereocenters. The van der Waals surface area contributed by atoms with Gasteiger partial charge in [-0.05, 0) is 0 Å². The van der Waals surface area contributed by atoms with Crippen LogP contribution in [0.15, 0.2) is 0 Å². The zero-order chi connectivity index (χ0) is 5.41. The molecule has 0 aliphatic rings. The van der Waals surface area contributed by atoms with Crippen LogP contribution in [0, 0.1) is 21.3 Å². The van der Waals surface area contributed by atoms with Crippen molar-refractivity contribution < 1.29 is 51.4 Å². The van der Waals surface area contributed by atoms with Gasteiger partial charge in [0.05, 0.1) is 0 Å². The molecule has 0 bridgehead atoms. The van der Waals surface area contributed by atoms with Crippen molar-refractivity contribution >= 4 is 25.3 Å². The van der Waals surface area contributed by atoms with Crippen LogP contribution in [0.25, 0.3) is 0 Å². The molecule has 0 N–H and O–H groups in total. The molecule has 0 saturated carbocycles. The van der Waals surface area contributed by atoms with Crippen molar-refractivity contribution in [3.63, 3.8) is 0 Å². The van der Waals surface area contributed by atoms with Gasteiger partial charge in [0.15, 0.2) is 0 Å². The Morgan fingerprint density at radius 1 is 1.43 bits per heavy atom. The van der Waals surface area contributed by atoms with Gasteiger partial charge in [0.2, 0.25) is 0 Å². The van der Waals surface area contributed by atoms with Gasteiger partial charge < -0.3 is 12.6 Å². The van der Waals surface area contributed by atoms with Gasteiger partial charge in [-0.2, -0.15) is 5.26 Å². The van der Waals surface area contributed by atoms with Crippen LogP contribution in [0.3, 0.4) is 0 Å². The molecule has 32 valence electrons. The normalized spacial score (nSPS) is 2.14. The van der Waals surface area contributed by atoms with Crippen LogP contribution in [0.5, 0.6) is 0 Å². The molecule has 0 aromatic heterocycles. The zero-order valence-electron chi connectivity index (χ0n) is 3.75. The first-order valence-corrected chi connectivity index (χ1v) is 1.73. The van der Waals surface area contributed by atoms with Gasteiger partial charge >= 0.3 is 51.4 Å². The number of nitriles is 2. The van der Waals surface area contributed by atoms with E-state index < -0.39 is 0 Å². The molecule has 5 heteroatoms. The third kappa shape index (κ3) is 137. The summed E-state index contributed by atoms with van der Waals surface area (Å²) in [7, 11) is 0. The van der Waals surface area contributed by atoms with Crippen molar-refractivity contribution in [3.8, 4) is 10.8 Å². The van der Waals surface area contributed by atoms with Crippen LogP contribution >= 0.6 is 12.6 Å². The monoisotopic (exact) mass is 156 g/mol. The average molecular weight is 156 g/mol. The fourth-order valence-corrected chi connectivity index (χ4v) is 0. The van der Waals surface area contributed by atoms with Gasteiger partial charge in [-0.3, -0.25) is 0 Å². The summed E-state index contributed by atoms with van der Waals surface area (Å²) in [5, 5.41) is 17.1. The molecular weight excluding hydrogens is 155 g/mol. The molecule has 0 spiro atoms.